The van der Waals surface area contributed by atoms with Crippen molar-refractivity contribution >= 4 is 11.4 Å². The van der Waals surface area contributed by atoms with Gasteiger partial charge in [0.2, 0.25) is 0 Å². The predicted molar refractivity (Wildman–Crippen MR) is 72.4 cm³/mol. The van der Waals surface area contributed by atoms with Gasteiger partial charge in [0, 0.05) is 17.9 Å². The molecule has 0 saturated carbocycles. The van der Waals surface area contributed by atoms with E-state index in [1.165, 1.54) is 5.69 Å². The Morgan fingerprint density at radius 2 is 2.24 bits per heavy atom. The van der Waals surface area contributed by atoms with Crippen molar-refractivity contribution < 1.29 is 4.74 Å². The molecule has 0 amide bonds. The lowest BCUT2D eigenvalue weighted by molar-refractivity contribution is 0.0299. The monoisotopic (exact) mass is 234 g/mol. The van der Waals surface area contributed by atoms with Crippen molar-refractivity contribution in [1.29, 1.82) is 0 Å². The number of ether oxygens (including phenoxy) is 1. The van der Waals surface area contributed by atoms with E-state index in [2.05, 4.69) is 36.9 Å². The van der Waals surface area contributed by atoms with Gasteiger partial charge < -0.3 is 15.4 Å². The van der Waals surface area contributed by atoms with Crippen LogP contribution in [0.2, 0.25) is 0 Å². The first-order valence-corrected chi connectivity index (χ1v) is 6.36. The molecule has 3 heteroatoms. The number of morpholine rings is 1. The predicted octanol–water partition coefficient (Wildman–Crippen LogP) is 2.58. The van der Waals surface area contributed by atoms with Crippen LogP contribution in [0, 0.1) is 6.92 Å². The fourth-order valence-electron chi connectivity index (χ4n) is 2.31. The van der Waals surface area contributed by atoms with Gasteiger partial charge >= 0.3 is 0 Å². The van der Waals surface area contributed by atoms with E-state index in [1.807, 2.05) is 6.92 Å². The molecule has 0 bridgehead atoms. The van der Waals surface area contributed by atoms with Crippen LogP contribution in [0.1, 0.15) is 25.8 Å². The van der Waals surface area contributed by atoms with Gasteiger partial charge in [-0.25, -0.2) is 0 Å². The molecule has 0 spiro atoms. The fraction of sp³-hybridized carbons (Fsp3) is 0.571. The second-order valence-electron chi connectivity index (χ2n) is 4.90. The van der Waals surface area contributed by atoms with Crippen LogP contribution in [0.3, 0.4) is 0 Å². The van der Waals surface area contributed by atoms with E-state index in [4.69, 9.17) is 10.5 Å². The number of hydrogen-bond acceptors (Lipinski definition) is 3. The number of rotatable bonds is 2. The minimum atomic E-state index is 0.292. The highest BCUT2D eigenvalue weighted by atomic mass is 16.5. The summed E-state index contributed by atoms with van der Waals surface area (Å²) in [6, 6.07) is 6.80. The Morgan fingerprint density at radius 1 is 1.47 bits per heavy atom. The average molecular weight is 234 g/mol. The van der Waals surface area contributed by atoms with Gasteiger partial charge in [0.1, 0.15) is 0 Å². The molecular formula is C14H22N2O. The van der Waals surface area contributed by atoms with Crippen LogP contribution in [-0.4, -0.2) is 25.3 Å². The first-order valence-electron chi connectivity index (χ1n) is 6.36. The second-order valence-corrected chi connectivity index (χ2v) is 4.90. The first-order chi connectivity index (χ1) is 8.11. The second kappa shape index (κ2) is 4.96. The van der Waals surface area contributed by atoms with E-state index >= 15 is 0 Å². The fourth-order valence-corrected chi connectivity index (χ4v) is 2.31. The Balaban J connectivity index is 2.25. The van der Waals surface area contributed by atoms with Gasteiger partial charge in [0.25, 0.3) is 0 Å². The van der Waals surface area contributed by atoms with E-state index in [9.17, 15) is 0 Å². The maximum absolute atomic E-state index is 5.99. The largest absolute Gasteiger partial charge is 0.398 e. The van der Waals surface area contributed by atoms with E-state index in [0.29, 0.717) is 12.1 Å². The Labute approximate surface area is 104 Å². The molecule has 2 rings (SSSR count). The van der Waals surface area contributed by atoms with E-state index < -0.39 is 0 Å². The lowest BCUT2D eigenvalue weighted by Gasteiger charge is -2.40. The average Bonchev–Trinajstić information content (AvgIpc) is 2.32. The van der Waals surface area contributed by atoms with Gasteiger partial charge in [0.15, 0.2) is 0 Å². The van der Waals surface area contributed by atoms with Crippen LogP contribution in [0.5, 0.6) is 0 Å². The highest BCUT2D eigenvalue weighted by molar-refractivity contribution is 5.60. The first kappa shape index (κ1) is 12.2. The molecule has 3 nitrogen and oxygen atoms in total. The zero-order valence-electron chi connectivity index (χ0n) is 10.9. The summed E-state index contributed by atoms with van der Waals surface area (Å²) >= 11 is 0. The number of hydrogen-bond donors (Lipinski definition) is 1. The maximum atomic E-state index is 5.99. The normalized spacial score (nSPS) is 25.0. The maximum Gasteiger partial charge on any atom is 0.0723 e. The van der Waals surface area contributed by atoms with Gasteiger partial charge in [-0.05, 0) is 38.0 Å². The summed E-state index contributed by atoms with van der Waals surface area (Å²) in [5, 5.41) is 0. The lowest BCUT2D eigenvalue weighted by atomic mass is 10.1. The topological polar surface area (TPSA) is 38.5 Å². The molecule has 1 aromatic carbocycles. The van der Waals surface area contributed by atoms with Crippen molar-refractivity contribution in [2.24, 2.45) is 0 Å². The van der Waals surface area contributed by atoms with Crippen LogP contribution < -0.4 is 10.6 Å². The van der Waals surface area contributed by atoms with Crippen LogP contribution in [0.4, 0.5) is 11.4 Å². The van der Waals surface area contributed by atoms with Gasteiger partial charge in [-0.2, -0.15) is 0 Å². The van der Waals surface area contributed by atoms with Crippen LogP contribution in [0.25, 0.3) is 0 Å². The Bertz CT molecular complexity index is 392. The number of nitrogens with zero attached hydrogens (tertiary/aromatic N) is 1. The molecule has 0 aliphatic carbocycles. The smallest absolute Gasteiger partial charge is 0.0723 e. The van der Waals surface area contributed by atoms with Crippen molar-refractivity contribution in [2.45, 2.75) is 39.3 Å². The summed E-state index contributed by atoms with van der Waals surface area (Å²) in [4.78, 5) is 2.42. The molecule has 2 N–H and O–H groups in total. The van der Waals surface area contributed by atoms with Crippen molar-refractivity contribution in [3.8, 4) is 0 Å². The highest BCUT2D eigenvalue weighted by Crippen LogP contribution is 2.26. The molecule has 2 atom stereocenters. The van der Waals surface area contributed by atoms with Crippen LogP contribution in [-0.2, 0) is 4.74 Å². The Kier molecular flexibility index (Phi) is 3.57. The van der Waals surface area contributed by atoms with Crippen molar-refractivity contribution in [2.75, 3.05) is 23.8 Å². The standard InChI is InChI=1S/C14H22N2O/c1-4-12-9-17-11(3)8-16(12)13-6-5-10(2)14(15)7-13/h5-7,11-12H,4,8-9,15H2,1-3H3. The lowest BCUT2D eigenvalue weighted by Crippen LogP contribution is -2.48. The minimum absolute atomic E-state index is 0.292. The van der Waals surface area contributed by atoms with Gasteiger partial charge in [-0.3, -0.25) is 0 Å². The summed E-state index contributed by atoms with van der Waals surface area (Å²) in [5.74, 6) is 0. The molecule has 1 aliphatic heterocycles. The summed E-state index contributed by atoms with van der Waals surface area (Å²) in [6.07, 6.45) is 1.39. The minimum Gasteiger partial charge on any atom is -0.398 e. The number of anilines is 2. The summed E-state index contributed by atoms with van der Waals surface area (Å²) in [6.45, 7) is 8.12. The van der Waals surface area contributed by atoms with E-state index in [1.54, 1.807) is 0 Å². The third-order valence-corrected chi connectivity index (χ3v) is 3.53. The van der Waals surface area contributed by atoms with E-state index in [-0.39, 0.29) is 0 Å². The molecule has 17 heavy (non-hydrogen) atoms. The van der Waals surface area contributed by atoms with Crippen molar-refractivity contribution in [3.63, 3.8) is 0 Å². The zero-order chi connectivity index (χ0) is 12.4. The third kappa shape index (κ3) is 2.55. The molecule has 94 valence electrons. The Morgan fingerprint density at radius 3 is 2.88 bits per heavy atom. The van der Waals surface area contributed by atoms with Gasteiger partial charge in [-0.1, -0.05) is 13.0 Å². The number of nitrogens with two attached hydrogens (primary N) is 1. The van der Waals surface area contributed by atoms with Gasteiger partial charge in [0.05, 0.1) is 18.8 Å². The molecule has 1 aromatic rings. The Hall–Kier alpha value is -1.22. The third-order valence-electron chi connectivity index (χ3n) is 3.53. The highest BCUT2D eigenvalue weighted by Gasteiger charge is 2.25. The molecular weight excluding hydrogens is 212 g/mol. The number of aryl methyl sites for hydroxylation is 1. The number of benzene rings is 1. The van der Waals surface area contributed by atoms with E-state index in [0.717, 1.165) is 30.8 Å². The van der Waals surface area contributed by atoms with Crippen LogP contribution >= 0.6 is 0 Å². The van der Waals surface area contributed by atoms with Crippen molar-refractivity contribution in [1.82, 2.24) is 0 Å². The molecule has 0 aromatic heterocycles. The summed E-state index contributed by atoms with van der Waals surface area (Å²) < 4.78 is 5.71. The molecule has 1 fully saturated rings. The molecule has 0 radical (unpaired) electrons. The van der Waals surface area contributed by atoms with Crippen LogP contribution in [0.15, 0.2) is 18.2 Å². The summed E-state index contributed by atoms with van der Waals surface area (Å²) in [5.41, 5.74) is 9.22. The SMILES string of the molecule is CCC1COC(C)CN1c1ccc(C)c(N)c1. The quantitative estimate of drug-likeness (QED) is 0.799. The number of nitrogen functional groups attached to an aromatic ring is 1. The molecule has 1 heterocycles. The molecule has 2 unspecified atom stereocenters. The van der Waals surface area contributed by atoms with Crippen molar-refractivity contribution in [3.05, 3.63) is 23.8 Å². The molecule has 1 saturated heterocycles. The molecule has 1 aliphatic rings. The zero-order valence-corrected chi connectivity index (χ0v) is 10.9. The summed E-state index contributed by atoms with van der Waals surface area (Å²) in [7, 11) is 0. The van der Waals surface area contributed by atoms with Gasteiger partial charge in [-0.15, -0.1) is 0 Å².